The Labute approximate surface area is 124 Å². The van der Waals surface area contributed by atoms with Gasteiger partial charge in [0.2, 0.25) is 0 Å². The van der Waals surface area contributed by atoms with Gasteiger partial charge in [0.05, 0.1) is 29.0 Å². The first-order valence-electron chi connectivity index (χ1n) is 6.48. The molecule has 2 aromatic rings. The van der Waals surface area contributed by atoms with Crippen LogP contribution >= 0.6 is 15.9 Å². The minimum absolute atomic E-state index is 0.0478. The van der Waals surface area contributed by atoms with Gasteiger partial charge in [-0.25, -0.2) is 4.79 Å². The van der Waals surface area contributed by atoms with Crippen LogP contribution in [0.15, 0.2) is 22.7 Å². The molecule has 0 spiro atoms. The number of carboxylic acid groups (broad SMARTS) is 1. The maximum Gasteiger partial charge on any atom is 0.336 e. The minimum Gasteiger partial charge on any atom is -0.478 e. The Morgan fingerprint density at radius 2 is 2.20 bits per heavy atom. The van der Waals surface area contributed by atoms with E-state index in [1.807, 2.05) is 26.0 Å². The average molecular weight is 336 g/mol. The molecule has 5 heteroatoms. The molecule has 1 aliphatic heterocycles. The molecule has 0 saturated carbocycles. The molecule has 2 heterocycles. The van der Waals surface area contributed by atoms with E-state index in [1.165, 1.54) is 0 Å². The summed E-state index contributed by atoms with van der Waals surface area (Å²) >= 11 is 3.45. The Hall–Kier alpha value is -1.46. The number of aromatic nitrogens is 1. The number of carboxylic acids is 1. The van der Waals surface area contributed by atoms with Crippen molar-refractivity contribution in [2.75, 3.05) is 0 Å². The number of pyridine rings is 1. The summed E-state index contributed by atoms with van der Waals surface area (Å²) < 4.78 is 6.58. The molecule has 2 unspecified atom stereocenters. The number of hydrogen-bond donors (Lipinski definition) is 1. The molecule has 104 valence electrons. The molecule has 4 nitrogen and oxygen atoms in total. The molecule has 0 aliphatic carbocycles. The molecule has 1 N–H and O–H groups in total. The zero-order valence-corrected chi connectivity index (χ0v) is 12.8. The van der Waals surface area contributed by atoms with E-state index in [2.05, 4.69) is 20.9 Å². The Morgan fingerprint density at radius 3 is 2.90 bits per heavy atom. The molecular weight excluding hydrogens is 322 g/mol. The fourth-order valence-corrected chi connectivity index (χ4v) is 3.33. The Morgan fingerprint density at radius 1 is 1.45 bits per heavy atom. The lowest BCUT2D eigenvalue weighted by molar-refractivity contribution is -0.00661. The third kappa shape index (κ3) is 2.01. The first-order chi connectivity index (χ1) is 9.49. The zero-order chi connectivity index (χ0) is 14.4. The first-order valence-corrected chi connectivity index (χ1v) is 7.28. The van der Waals surface area contributed by atoms with Crippen molar-refractivity contribution in [2.24, 2.45) is 0 Å². The van der Waals surface area contributed by atoms with Crippen molar-refractivity contribution in [3.63, 3.8) is 0 Å². The van der Waals surface area contributed by atoms with E-state index >= 15 is 0 Å². The largest absolute Gasteiger partial charge is 0.478 e. The van der Waals surface area contributed by atoms with Gasteiger partial charge in [-0.3, -0.25) is 4.98 Å². The van der Waals surface area contributed by atoms with E-state index in [4.69, 9.17) is 4.74 Å². The normalized spacial score (nSPS) is 21.8. The molecule has 2 atom stereocenters. The molecule has 1 aromatic heterocycles. The van der Waals surface area contributed by atoms with Gasteiger partial charge in [-0.1, -0.05) is 12.1 Å². The highest BCUT2D eigenvalue weighted by atomic mass is 79.9. The number of fused-ring (bicyclic) bond motifs is 2. The van der Waals surface area contributed by atoms with Crippen LogP contribution in [0, 0.1) is 0 Å². The fraction of sp³-hybridized carbons (Fsp3) is 0.333. The second-order valence-electron chi connectivity index (χ2n) is 5.08. The van der Waals surface area contributed by atoms with Gasteiger partial charge in [0.15, 0.2) is 0 Å². The predicted octanol–water partition coefficient (Wildman–Crippen LogP) is 3.72. The second-order valence-corrected chi connectivity index (χ2v) is 5.94. The summed E-state index contributed by atoms with van der Waals surface area (Å²) in [6.07, 6.45) is 0.430. The Balaban J connectivity index is 2.43. The quantitative estimate of drug-likeness (QED) is 0.862. The SMILES string of the molecule is CC1Cc2nc3c(Br)cccc3c(C(=O)O)c2C(C)O1. The minimum atomic E-state index is -0.934. The van der Waals surface area contributed by atoms with Crippen molar-refractivity contribution in [1.29, 1.82) is 0 Å². The van der Waals surface area contributed by atoms with E-state index < -0.39 is 5.97 Å². The van der Waals surface area contributed by atoms with Gasteiger partial charge < -0.3 is 9.84 Å². The van der Waals surface area contributed by atoms with E-state index in [-0.39, 0.29) is 12.2 Å². The molecule has 1 aliphatic rings. The number of rotatable bonds is 1. The first kappa shape index (κ1) is 13.5. The van der Waals surface area contributed by atoms with Crippen LogP contribution in [0.2, 0.25) is 0 Å². The number of benzene rings is 1. The zero-order valence-electron chi connectivity index (χ0n) is 11.2. The number of hydrogen-bond acceptors (Lipinski definition) is 3. The highest BCUT2D eigenvalue weighted by Gasteiger charge is 2.30. The van der Waals surface area contributed by atoms with Gasteiger partial charge >= 0.3 is 5.97 Å². The lowest BCUT2D eigenvalue weighted by Gasteiger charge is -2.29. The smallest absolute Gasteiger partial charge is 0.336 e. The average Bonchev–Trinajstić information content (AvgIpc) is 2.37. The van der Waals surface area contributed by atoms with Crippen LogP contribution in [0.4, 0.5) is 0 Å². The number of halogens is 1. The van der Waals surface area contributed by atoms with Gasteiger partial charge in [-0.15, -0.1) is 0 Å². The molecule has 0 bridgehead atoms. The maximum absolute atomic E-state index is 11.7. The predicted molar refractivity (Wildman–Crippen MR) is 79.1 cm³/mol. The maximum atomic E-state index is 11.7. The Kier molecular flexibility index (Phi) is 3.26. The van der Waals surface area contributed by atoms with Crippen molar-refractivity contribution < 1.29 is 14.6 Å². The highest BCUT2D eigenvalue weighted by Crippen LogP contribution is 2.36. The summed E-state index contributed by atoms with van der Waals surface area (Å²) in [6.45, 7) is 3.86. The van der Waals surface area contributed by atoms with Crippen LogP contribution < -0.4 is 0 Å². The van der Waals surface area contributed by atoms with Crippen molar-refractivity contribution in [2.45, 2.75) is 32.5 Å². The van der Waals surface area contributed by atoms with Gasteiger partial charge in [-0.2, -0.15) is 0 Å². The van der Waals surface area contributed by atoms with Crippen LogP contribution in [0.3, 0.4) is 0 Å². The summed E-state index contributed by atoms with van der Waals surface area (Å²) in [5.74, 6) is -0.934. The molecule has 0 radical (unpaired) electrons. The van der Waals surface area contributed by atoms with E-state index in [0.717, 1.165) is 10.2 Å². The van der Waals surface area contributed by atoms with Crippen molar-refractivity contribution >= 4 is 32.8 Å². The van der Waals surface area contributed by atoms with Crippen LogP contribution in [0.5, 0.6) is 0 Å². The van der Waals surface area contributed by atoms with Crippen LogP contribution in [0.1, 0.15) is 41.6 Å². The van der Waals surface area contributed by atoms with Gasteiger partial charge in [0.25, 0.3) is 0 Å². The fourth-order valence-electron chi connectivity index (χ4n) is 2.88. The third-order valence-electron chi connectivity index (χ3n) is 3.62. The number of para-hydroxylation sites is 1. The van der Waals surface area contributed by atoms with Crippen molar-refractivity contribution in [1.82, 2.24) is 4.98 Å². The molecule has 0 amide bonds. The molecule has 0 fully saturated rings. The number of carbonyl (C=O) groups is 1. The second kappa shape index (κ2) is 4.82. The Bertz CT molecular complexity index is 714. The molecule has 20 heavy (non-hydrogen) atoms. The summed E-state index contributed by atoms with van der Waals surface area (Å²) in [7, 11) is 0. The summed E-state index contributed by atoms with van der Waals surface area (Å²) in [6, 6.07) is 5.49. The highest BCUT2D eigenvalue weighted by molar-refractivity contribution is 9.10. The van der Waals surface area contributed by atoms with Gasteiger partial charge in [0.1, 0.15) is 0 Å². The van der Waals surface area contributed by atoms with E-state index in [1.54, 1.807) is 6.07 Å². The summed E-state index contributed by atoms with van der Waals surface area (Å²) in [5.41, 5.74) is 2.55. The topological polar surface area (TPSA) is 59.4 Å². The van der Waals surface area contributed by atoms with E-state index in [0.29, 0.717) is 28.5 Å². The molecular formula is C15H14BrNO3. The van der Waals surface area contributed by atoms with E-state index in [9.17, 15) is 9.90 Å². The number of aromatic carboxylic acids is 1. The lowest BCUT2D eigenvalue weighted by Crippen LogP contribution is -2.26. The van der Waals surface area contributed by atoms with Crippen molar-refractivity contribution in [3.8, 4) is 0 Å². The lowest BCUT2D eigenvalue weighted by atomic mass is 9.92. The van der Waals surface area contributed by atoms with Gasteiger partial charge in [-0.05, 0) is 35.8 Å². The third-order valence-corrected chi connectivity index (χ3v) is 4.26. The summed E-state index contributed by atoms with van der Waals surface area (Å²) in [4.78, 5) is 16.4. The number of ether oxygens (including phenoxy) is 1. The monoisotopic (exact) mass is 335 g/mol. The van der Waals surface area contributed by atoms with Gasteiger partial charge in [0, 0.05) is 21.8 Å². The molecule has 0 saturated heterocycles. The standard InChI is InChI=1S/C15H14BrNO3/c1-7-6-11-12(8(2)20-7)13(15(18)19)9-4-3-5-10(16)14(9)17-11/h3-5,7-8H,6H2,1-2H3,(H,18,19). The van der Waals surface area contributed by atoms with Crippen molar-refractivity contribution in [3.05, 3.63) is 39.5 Å². The molecule has 1 aromatic carbocycles. The van der Waals surface area contributed by atoms with Crippen LogP contribution in [0.25, 0.3) is 10.9 Å². The van der Waals surface area contributed by atoms with Crippen LogP contribution in [-0.2, 0) is 11.2 Å². The molecule has 3 rings (SSSR count). The van der Waals surface area contributed by atoms with Crippen LogP contribution in [-0.4, -0.2) is 22.2 Å². The number of nitrogens with zero attached hydrogens (tertiary/aromatic N) is 1. The summed E-state index contributed by atoms with van der Waals surface area (Å²) in [5, 5.41) is 10.3.